The van der Waals surface area contributed by atoms with Gasteiger partial charge >= 0.3 is 0 Å². The lowest BCUT2D eigenvalue weighted by atomic mass is 10.1. The Morgan fingerprint density at radius 1 is 0.857 bits per heavy atom. The number of nitrogens with one attached hydrogen (secondary N) is 1. The number of anilines is 1. The Kier molecular flexibility index (Phi) is 3.36. The van der Waals surface area contributed by atoms with Gasteiger partial charge in [-0.05, 0) is 35.0 Å². The van der Waals surface area contributed by atoms with Crippen LogP contribution in [0.15, 0.2) is 60.7 Å². The number of hydrogen-bond acceptors (Lipinski definition) is 1. The van der Waals surface area contributed by atoms with E-state index in [0.29, 0.717) is 5.56 Å². The summed E-state index contributed by atoms with van der Waals surface area (Å²) in [5.74, 6) is -1.92. The first-order chi connectivity index (χ1) is 10.1. The molecule has 0 radical (unpaired) electrons. The summed E-state index contributed by atoms with van der Waals surface area (Å²) in [5.41, 5.74) is 0.368. The number of fused-ring (bicyclic) bond motifs is 1. The van der Waals surface area contributed by atoms with Crippen LogP contribution in [-0.4, -0.2) is 5.91 Å². The van der Waals surface area contributed by atoms with E-state index >= 15 is 0 Å². The van der Waals surface area contributed by atoms with Crippen molar-refractivity contribution in [2.45, 2.75) is 0 Å². The van der Waals surface area contributed by atoms with Crippen LogP contribution < -0.4 is 5.32 Å². The molecule has 2 nitrogen and oxygen atoms in total. The van der Waals surface area contributed by atoms with Crippen LogP contribution in [0.2, 0.25) is 0 Å². The van der Waals surface area contributed by atoms with Crippen LogP contribution in [0, 0.1) is 11.6 Å². The van der Waals surface area contributed by atoms with Gasteiger partial charge in [0.1, 0.15) is 11.6 Å². The maximum absolute atomic E-state index is 13.5. The lowest BCUT2D eigenvalue weighted by Crippen LogP contribution is -2.13. The molecule has 3 rings (SSSR count). The number of amides is 1. The van der Waals surface area contributed by atoms with Gasteiger partial charge in [-0.1, -0.05) is 30.3 Å². The molecule has 1 amide bonds. The number of benzene rings is 3. The molecule has 1 N–H and O–H groups in total. The van der Waals surface area contributed by atoms with Crippen molar-refractivity contribution in [1.29, 1.82) is 0 Å². The van der Waals surface area contributed by atoms with Crippen LogP contribution in [0.4, 0.5) is 14.5 Å². The molecular weight excluding hydrogens is 272 g/mol. The maximum atomic E-state index is 13.5. The summed E-state index contributed by atoms with van der Waals surface area (Å²) >= 11 is 0. The fraction of sp³-hybridized carbons (Fsp3) is 0. The van der Waals surface area contributed by atoms with E-state index in [0.717, 1.165) is 22.9 Å². The van der Waals surface area contributed by atoms with E-state index in [1.165, 1.54) is 6.07 Å². The van der Waals surface area contributed by atoms with E-state index in [-0.39, 0.29) is 5.69 Å². The van der Waals surface area contributed by atoms with E-state index in [4.69, 9.17) is 0 Å². The minimum atomic E-state index is -0.802. The highest BCUT2D eigenvalue weighted by Crippen LogP contribution is 2.19. The largest absolute Gasteiger partial charge is 0.319 e. The highest BCUT2D eigenvalue weighted by Gasteiger charge is 2.10. The van der Waals surface area contributed by atoms with Crippen molar-refractivity contribution < 1.29 is 13.6 Å². The normalized spacial score (nSPS) is 10.6. The molecule has 0 atom stereocenters. The molecule has 0 unspecified atom stereocenters. The van der Waals surface area contributed by atoms with Crippen molar-refractivity contribution >= 4 is 22.4 Å². The molecule has 0 aliphatic carbocycles. The summed E-state index contributed by atoms with van der Waals surface area (Å²) in [4.78, 5) is 12.1. The first-order valence-electron chi connectivity index (χ1n) is 6.39. The second-order valence-corrected chi connectivity index (χ2v) is 4.64. The first-order valence-corrected chi connectivity index (χ1v) is 6.39. The summed E-state index contributed by atoms with van der Waals surface area (Å²) in [5, 5.41) is 4.37. The van der Waals surface area contributed by atoms with E-state index in [1.807, 2.05) is 30.3 Å². The summed E-state index contributed by atoms with van der Waals surface area (Å²) in [6.07, 6.45) is 0. The van der Waals surface area contributed by atoms with Crippen molar-refractivity contribution in [2.75, 3.05) is 5.32 Å². The number of hydrogen-bond donors (Lipinski definition) is 1. The zero-order chi connectivity index (χ0) is 14.8. The number of carbonyl (C=O) groups excluding carboxylic acids is 1. The number of carbonyl (C=O) groups is 1. The molecule has 0 spiro atoms. The monoisotopic (exact) mass is 283 g/mol. The van der Waals surface area contributed by atoms with Gasteiger partial charge in [0.2, 0.25) is 0 Å². The van der Waals surface area contributed by atoms with Crippen LogP contribution in [0.3, 0.4) is 0 Å². The standard InChI is InChI=1S/C17H11F2NO/c18-14-7-8-16(15(19)10-14)20-17(21)13-6-5-11-3-1-2-4-12(11)9-13/h1-10H,(H,20,21). The van der Waals surface area contributed by atoms with Crippen LogP contribution in [0.1, 0.15) is 10.4 Å². The third kappa shape index (κ3) is 2.74. The Labute approximate surface area is 120 Å². The van der Waals surface area contributed by atoms with Crippen molar-refractivity contribution in [3.8, 4) is 0 Å². The molecule has 21 heavy (non-hydrogen) atoms. The SMILES string of the molecule is O=C(Nc1ccc(F)cc1F)c1ccc2ccccc2c1. The van der Waals surface area contributed by atoms with Crippen molar-refractivity contribution in [1.82, 2.24) is 0 Å². The van der Waals surface area contributed by atoms with Gasteiger partial charge in [-0.25, -0.2) is 8.78 Å². The van der Waals surface area contributed by atoms with Crippen molar-refractivity contribution in [3.63, 3.8) is 0 Å². The van der Waals surface area contributed by atoms with Gasteiger partial charge in [0.15, 0.2) is 0 Å². The number of rotatable bonds is 2. The van der Waals surface area contributed by atoms with Crippen LogP contribution in [-0.2, 0) is 0 Å². The fourth-order valence-electron chi connectivity index (χ4n) is 2.12. The fourth-order valence-corrected chi connectivity index (χ4v) is 2.12. The third-order valence-corrected chi connectivity index (χ3v) is 3.19. The van der Waals surface area contributed by atoms with Gasteiger partial charge in [0, 0.05) is 11.6 Å². The molecule has 104 valence electrons. The van der Waals surface area contributed by atoms with Gasteiger partial charge in [-0.15, -0.1) is 0 Å². The Hall–Kier alpha value is -2.75. The second kappa shape index (κ2) is 5.32. The van der Waals surface area contributed by atoms with Gasteiger partial charge in [0.25, 0.3) is 5.91 Å². The Morgan fingerprint density at radius 3 is 2.38 bits per heavy atom. The lowest BCUT2D eigenvalue weighted by molar-refractivity contribution is 0.102. The van der Waals surface area contributed by atoms with E-state index in [2.05, 4.69) is 5.32 Å². The highest BCUT2D eigenvalue weighted by molar-refractivity contribution is 6.06. The lowest BCUT2D eigenvalue weighted by Gasteiger charge is -2.07. The third-order valence-electron chi connectivity index (χ3n) is 3.19. The van der Waals surface area contributed by atoms with Crippen LogP contribution >= 0.6 is 0 Å². The molecule has 0 bridgehead atoms. The number of halogens is 2. The van der Waals surface area contributed by atoms with Gasteiger partial charge < -0.3 is 5.32 Å². The molecular formula is C17H11F2NO. The Bertz CT molecular complexity index is 830. The zero-order valence-electron chi connectivity index (χ0n) is 10.9. The molecule has 3 aromatic carbocycles. The average molecular weight is 283 g/mol. The molecule has 0 saturated heterocycles. The first kappa shape index (κ1) is 13.2. The Balaban J connectivity index is 1.89. The molecule has 4 heteroatoms. The summed E-state index contributed by atoms with van der Waals surface area (Å²) in [6.45, 7) is 0. The Morgan fingerprint density at radius 2 is 1.62 bits per heavy atom. The smallest absolute Gasteiger partial charge is 0.255 e. The van der Waals surface area contributed by atoms with E-state index in [1.54, 1.807) is 12.1 Å². The van der Waals surface area contributed by atoms with Gasteiger partial charge in [-0.3, -0.25) is 4.79 Å². The molecule has 3 aromatic rings. The quantitative estimate of drug-likeness (QED) is 0.743. The molecule has 0 heterocycles. The van der Waals surface area contributed by atoms with Crippen molar-refractivity contribution in [2.24, 2.45) is 0 Å². The predicted octanol–water partition coefficient (Wildman–Crippen LogP) is 4.37. The van der Waals surface area contributed by atoms with Crippen molar-refractivity contribution in [3.05, 3.63) is 77.9 Å². The maximum Gasteiger partial charge on any atom is 0.255 e. The minimum Gasteiger partial charge on any atom is -0.319 e. The van der Waals surface area contributed by atoms with E-state index < -0.39 is 17.5 Å². The molecule has 0 fully saturated rings. The molecule has 0 aliphatic rings. The summed E-state index contributed by atoms with van der Waals surface area (Å²) in [7, 11) is 0. The van der Waals surface area contributed by atoms with E-state index in [9.17, 15) is 13.6 Å². The highest BCUT2D eigenvalue weighted by atomic mass is 19.1. The second-order valence-electron chi connectivity index (χ2n) is 4.64. The van der Waals surface area contributed by atoms with Gasteiger partial charge in [0.05, 0.1) is 5.69 Å². The molecule has 0 aliphatic heterocycles. The molecule has 0 saturated carbocycles. The summed E-state index contributed by atoms with van der Waals surface area (Å²) in [6, 6.07) is 15.9. The average Bonchev–Trinajstić information content (AvgIpc) is 2.49. The van der Waals surface area contributed by atoms with Crippen LogP contribution in [0.25, 0.3) is 10.8 Å². The van der Waals surface area contributed by atoms with Crippen LogP contribution in [0.5, 0.6) is 0 Å². The topological polar surface area (TPSA) is 29.1 Å². The summed E-state index contributed by atoms with van der Waals surface area (Å²) < 4.78 is 26.4. The van der Waals surface area contributed by atoms with Gasteiger partial charge in [-0.2, -0.15) is 0 Å². The zero-order valence-corrected chi connectivity index (χ0v) is 10.9. The minimum absolute atomic E-state index is 0.0467. The molecule has 0 aromatic heterocycles. The predicted molar refractivity (Wildman–Crippen MR) is 78.3 cm³/mol.